The summed E-state index contributed by atoms with van der Waals surface area (Å²) in [5.74, 6) is 0.411. The van der Waals surface area contributed by atoms with Gasteiger partial charge in [0.05, 0.1) is 24.3 Å². The highest BCUT2D eigenvalue weighted by molar-refractivity contribution is 6.32. The van der Waals surface area contributed by atoms with E-state index < -0.39 is 30.0 Å². The second kappa shape index (κ2) is 17.2. The lowest BCUT2D eigenvalue weighted by atomic mass is 9.71. The van der Waals surface area contributed by atoms with Crippen LogP contribution >= 0.6 is 23.2 Å². The van der Waals surface area contributed by atoms with Gasteiger partial charge in [0.15, 0.2) is 11.6 Å². The van der Waals surface area contributed by atoms with Crippen molar-refractivity contribution in [3.63, 3.8) is 0 Å². The number of carbonyl (C=O) groups excluding carboxylic acids is 2. The van der Waals surface area contributed by atoms with Gasteiger partial charge in [0.25, 0.3) is 0 Å². The Labute approximate surface area is 319 Å². The minimum absolute atomic E-state index is 0.0352. The largest absolute Gasteiger partial charge is 0.478 e. The molecule has 1 N–H and O–H groups in total. The molecule has 0 aliphatic heterocycles. The summed E-state index contributed by atoms with van der Waals surface area (Å²) in [6.07, 6.45) is 5.03. The summed E-state index contributed by atoms with van der Waals surface area (Å²) in [6.45, 7) is 11.2. The number of hydrogen-bond acceptors (Lipinski definition) is 10. The number of esters is 1. The maximum absolute atomic E-state index is 12.2. The fraction of sp³-hybridized carbons (Fsp3) is 0.472. The molecule has 18 heteroatoms. The van der Waals surface area contributed by atoms with Gasteiger partial charge in [0, 0.05) is 35.4 Å². The van der Waals surface area contributed by atoms with Gasteiger partial charge in [-0.25, -0.2) is 28.9 Å². The smallest absolute Gasteiger partial charge is 0.446 e. The Bertz CT molecular complexity index is 1940. The Balaban J connectivity index is 0.000000211. The Kier molecular flexibility index (Phi) is 13.4. The van der Waals surface area contributed by atoms with Crippen LogP contribution in [0, 0.1) is 10.8 Å². The SMILES string of the molecule is CC1(COc2ccn(-c3ccc(C(=O)O)c(Cl)n3)n2)CCC1.CC1(COc2ccn(-c3ccc(C(=O)OC(C)(C)C)c(Cl)n3)n2)CCC1.O=CC(F)(F)F. The van der Waals surface area contributed by atoms with E-state index in [-0.39, 0.29) is 32.3 Å². The quantitative estimate of drug-likeness (QED) is 0.0933. The Hall–Kier alpha value is -4.70. The fourth-order valence-electron chi connectivity index (χ4n) is 5.12. The van der Waals surface area contributed by atoms with Gasteiger partial charge in [-0.2, -0.15) is 13.2 Å². The van der Waals surface area contributed by atoms with Crippen LogP contribution in [0.4, 0.5) is 13.2 Å². The van der Waals surface area contributed by atoms with E-state index in [1.54, 1.807) is 68.2 Å². The standard InChI is InChI=1S/C19H24ClN3O3.C15H16ClN3O3.C2HF3O/c1-18(2,3)26-17(24)13-6-7-14(21-16(13)20)23-11-8-15(22-23)25-12-19(4)9-5-10-19;1-15(6-2-7-15)9-22-12-5-8-19(18-12)11-4-3-10(14(20)21)13(16)17-11;3-2(4,5)1-6/h6-8,11H,5,9-10,12H2,1-4H3;3-5,8H,2,6-7,9H2,1H3,(H,20,21);1H. The molecule has 0 bridgehead atoms. The molecule has 4 aromatic heterocycles. The third kappa shape index (κ3) is 12.2. The van der Waals surface area contributed by atoms with Crippen LogP contribution in [0.3, 0.4) is 0 Å². The Morgan fingerprint density at radius 1 is 0.796 bits per heavy atom. The molecule has 2 aliphatic rings. The highest BCUT2D eigenvalue weighted by Crippen LogP contribution is 2.41. The number of pyridine rings is 2. The predicted octanol–water partition coefficient (Wildman–Crippen LogP) is 8.38. The molecule has 2 fully saturated rings. The first-order valence-electron chi connectivity index (χ1n) is 16.9. The minimum atomic E-state index is -4.64. The number of nitrogens with zero attached hydrogens (tertiary/aromatic N) is 6. The van der Waals surface area contributed by atoms with Gasteiger partial charge in [-0.1, -0.05) is 49.9 Å². The topological polar surface area (TPSA) is 161 Å². The molecular formula is C36H41Cl2F3N6O7. The molecule has 0 amide bonds. The van der Waals surface area contributed by atoms with Crippen LogP contribution in [-0.4, -0.2) is 77.9 Å². The molecule has 0 aromatic carbocycles. The molecular weight excluding hydrogens is 756 g/mol. The van der Waals surface area contributed by atoms with E-state index in [1.165, 1.54) is 49.3 Å². The highest BCUT2D eigenvalue weighted by Gasteiger charge is 2.33. The van der Waals surface area contributed by atoms with Crippen molar-refractivity contribution in [2.75, 3.05) is 13.2 Å². The van der Waals surface area contributed by atoms with Crippen LogP contribution in [0.2, 0.25) is 10.3 Å². The third-order valence-electron chi connectivity index (χ3n) is 8.51. The summed E-state index contributed by atoms with van der Waals surface area (Å²) in [5, 5.41) is 17.6. The number of ether oxygens (including phenoxy) is 3. The number of alkyl halides is 3. The van der Waals surface area contributed by atoms with Gasteiger partial charge < -0.3 is 19.3 Å². The second-order valence-electron chi connectivity index (χ2n) is 14.6. The van der Waals surface area contributed by atoms with Gasteiger partial charge in [-0.15, -0.1) is 10.2 Å². The molecule has 4 aromatic rings. The van der Waals surface area contributed by atoms with Crippen LogP contribution in [0.25, 0.3) is 11.6 Å². The average molecular weight is 798 g/mol. The van der Waals surface area contributed by atoms with Gasteiger partial charge in [-0.05, 0) is 70.7 Å². The first kappa shape index (κ1) is 42.0. The normalized spacial score (nSPS) is 15.5. The van der Waals surface area contributed by atoms with Gasteiger partial charge in [-0.3, -0.25) is 4.79 Å². The van der Waals surface area contributed by atoms with Crippen molar-refractivity contribution in [3.05, 3.63) is 70.2 Å². The predicted molar refractivity (Wildman–Crippen MR) is 192 cm³/mol. The lowest BCUT2D eigenvalue weighted by Gasteiger charge is -2.37. The second-order valence-corrected chi connectivity index (χ2v) is 15.3. The van der Waals surface area contributed by atoms with E-state index >= 15 is 0 Å². The van der Waals surface area contributed by atoms with E-state index in [2.05, 4.69) is 34.0 Å². The lowest BCUT2D eigenvalue weighted by molar-refractivity contribution is -0.156. The summed E-state index contributed by atoms with van der Waals surface area (Å²) >= 11 is 12.0. The molecule has 0 saturated heterocycles. The molecule has 13 nitrogen and oxygen atoms in total. The number of carboxylic acids is 1. The summed E-state index contributed by atoms with van der Waals surface area (Å²) in [4.78, 5) is 40.1. The van der Waals surface area contributed by atoms with Gasteiger partial charge in [0.1, 0.15) is 15.9 Å². The van der Waals surface area contributed by atoms with Gasteiger partial charge in [0.2, 0.25) is 18.0 Å². The van der Waals surface area contributed by atoms with Crippen LogP contribution in [0.5, 0.6) is 11.8 Å². The average Bonchev–Trinajstić information content (AvgIpc) is 3.74. The summed E-state index contributed by atoms with van der Waals surface area (Å²) in [5.41, 5.74) is 0.123. The number of carboxylic acid groups (broad SMARTS) is 1. The van der Waals surface area contributed by atoms with Crippen LogP contribution in [-0.2, 0) is 9.53 Å². The Morgan fingerprint density at radius 3 is 1.52 bits per heavy atom. The van der Waals surface area contributed by atoms with E-state index in [9.17, 15) is 22.8 Å². The summed E-state index contributed by atoms with van der Waals surface area (Å²) < 4.78 is 51.2. The molecule has 2 aliphatic carbocycles. The molecule has 2 saturated carbocycles. The zero-order valence-corrected chi connectivity index (χ0v) is 31.8. The molecule has 54 heavy (non-hydrogen) atoms. The van der Waals surface area contributed by atoms with E-state index in [0.717, 1.165) is 0 Å². The van der Waals surface area contributed by atoms with Crippen molar-refractivity contribution in [1.29, 1.82) is 0 Å². The third-order valence-corrected chi connectivity index (χ3v) is 9.08. The first-order valence-corrected chi connectivity index (χ1v) is 17.6. The minimum Gasteiger partial charge on any atom is -0.478 e. The highest BCUT2D eigenvalue weighted by atomic mass is 35.5. The Morgan fingerprint density at radius 2 is 1.20 bits per heavy atom. The van der Waals surface area contributed by atoms with Crippen molar-refractivity contribution in [2.24, 2.45) is 10.8 Å². The van der Waals surface area contributed by atoms with Crippen molar-refractivity contribution in [2.45, 2.75) is 84.9 Å². The summed E-state index contributed by atoms with van der Waals surface area (Å²) in [6, 6.07) is 9.78. The molecule has 0 unspecified atom stereocenters. The number of carbonyl (C=O) groups is 3. The zero-order valence-electron chi connectivity index (χ0n) is 30.3. The van der Waals surface area contributed by atoms with Gasteiger partial charge >= 0.3 is 18.1 Å². The van der Waals surface area contributed by atoms with E-state index in [0.29, 0.717) is 36.6 Å². The molecule has 6 rings (SSSR count). The number of halogens is 5. The van der Waals surface area contributed by atoms with Crippen LogP contribution in [0.15, 0.2) is 48.8 Å². The number of aromatic carboxylic acids is 1. The number of aldehydes is 1. The lowest BCUT2D eigenvalue weighted by Crippen LogP contribution is -2.32. The monoisotopic (exact) mass is 796 g/mol. The number of hydrogen-bond donors (Lipinski definition) is 1. The van der Waals surface area contributed by atoms with E-state index in [4.69, 9.17) is 47.3 Å². The molecule has 0 atom stereocenters. The molecule has 4 heterocycles. The number of rotatable bonds is 10. The van der Waals surface area contributed by atoms with Crippen LogP contribution in [0.1, 0.15) is 93.9 Å². The van der Waals surface area contributed by atoms with E-state index in [1.807, 2.05) is 0 Å². The summed E-state index contributed by atoms with van der Waals surface area (Å²) in [7, 11) is 0. The van der Waals surface area contributed by atoms with Crippen molar-refractivity contribution >= 4 is 41.4 Å². The van der Waals surface area contributed by atoms with Crippen molar-refractivity contribution < 1.29 is 46.9 Å². The maximum Gasteiger partial charge on any atom is 0.446 e. The molecule has 0 radical (unpaired) electrons. The fourth-order valence-corrected chi connectivity index (χ4v) is 5.58. The maximum atomic E-state index is 12.2. The van der Waals surface area contributed by atoms with Crippen molar-refractivity contribution in [1.82, 2.24) is 29.5 Å². The van der Waals surface area contributed by atoms with Crippen LogP contribution < -0.4 is 9.47 Å². The number of aromatic nitrogens is 6. The first-order chi connectivity index (χ1) is 25.2. The zero-order chi connectivity index (χ0) is 39.9. The molecule has 0 spiro atoms. The van der Waals surface area contributed by atoms with Crippen molar-refractivity contribution in [3.8, 4) is 23.4 Å². The molecule has 292 valence electrons.